The van der Waals surface area contributed by atoms with E-state index >= 15 is 0 Å². The molecule has 1 N–H and O–H groups in total. The van der Waals surface area contributed by atoms with Crippen molar-refractivity contribution in [1.82, 2.24) is 10.2 Å². The van der Waals surface area contributed by atoms with E-state index in [0.29, 0.717) is 6.10 Å². The minimum absolute atomic E-state index is 0.475. The van der Waals surface area contributed by atoms with Gasteiger partial charge in [0, 0.05) is 26.2 Å². The molecular formula is C12H24N2O2. The monoisotopic (exact) mass is 228 g/mol. The Hall–Kier alpha value is -0.160. The zero-order chi connectivity index (χ0) is 11.1. The Bertz CT molecular complexity index is 178. The van der Waals surface area contributed by atoms with Gasteiger partial charge in [0.15, 0.2) is 0 Å². The molecule has 0 bridgehead atoms. The third-order valence-electron chi connectivity index (χ3n) is 3.33. The Labute approximate surface area is 98.3 Å². The molecule has 94 valence electrons. The molecule has 2 rings (SSSR count). The van der Waals surface area contributed by atoms with Crippen molar-refractivity contribution in [3.05, 3.63) is 0 Å². The largest absolute Gasteiger partial charge is 0.379 e. The van der Waals surface area contributed by atoms with Crippen LogP contribution in [0.2, 0.25) is 0 Å². The second-order valence-electron chi connectivity index (χ2n) is 4.65. The van der Waals surface area contributed by atoms with Gasteiger partial charge in [0.1, 0.15) is 0 Å². The minimum atomic E-state index is 0.475. The molecule has 2 aliphatic rings. The summed E-state index contributed by atoms with van der Waals surface area (Å²) in [5, 5.41) is 3.48. The SMILES string of the molecule is C1COC(CNCCCN2CCOCC2)C1. The van der Waals surface area contributed by atoms with Crippen molar-refractivity contribution in [3.63, 3.8) is 0 Å². The average molecular weight is 228 g/mol. The van der Waals surface area contributed by atoms with Crippen LogP contribution in [0.4, 0.5) is 0 Å². The highest BCUT2D eigenvalue weighted by molar-refractivity contribution is 4.68. The number of hydrogen-bond donors (Lipinski definition) is 1. The first-order valence-electron chi connectivity index (χ1n) is 6.57. The van der Waals surface area contributed by atoms with Crippen LogP contribution in [0.15, 0.2) is 0 Å². The van der Waals surface area contributed by atoms with E-state index in [9.17, 15) is 0 Å². The summed E-state index contributed by atoms with van der Waals surface area (Å²) in [4.78, 5) is 2.48. The van der Waals surface area contributed by atoms with Gasteiger partial charge in [-0.25, -0.2) is 0 Å². The first kappa shape index (κ1) is 12.3. The molecule has 1 atom stereocenters. The molecule has 2 heterocycles. The van der Waals surface area contributed by atoms with Gasteiger partial charge in [-0.15, -0.1) is 0 Å². The molecule has 2 fully saturated rings. The second kappa shape index (κ2) is 7.22. The average Bonchev–Trinajstić information content (AvgIpc) is 2.83. The highest BCUT2D eigenvalue weighted by Crippen LogP contribution is 2.10. The van der Waals surface area contributed by atoms with Crippen LogP contribution in [-0.2, 0) is 9.47 Å². The fourth-order valence-corrected chi connectivity index (χ4v) is 2.32. The number of morpholine rings is 1. The maximum Gasteiger partial charge on any atom is 0.0700 e. The first-order valence-corrected chi connectivity index (χ1v) is 6.57. The van der Waals surface area contributed by atoms with Gasteiger partial charge in [0.2, 0.25) is 0 Å². The van der Waals surface area contributed by atoms with Crippen LogP contribution in [0.3, 0.4) is 0 Å². The lowest BCUT2D eigenvalue weighted by atomic mass is 10.2. The molecule has 0 saturated carbocycles. The van der Waals surface area contributed by atoms with E-state index < -0.39 is 0 Å². The predicted molar refractivity (Wildman–Crippen MR) is 63.7 cm³/mol. The van der Waals surface area contributed by atoms with E-state index in [-0.39, 0.29) is 0 Å². The van der Waals surface area contributed by atoms with Gasteiger partial charge in [-0.05, 0) is 32.4 Å². The smallest absolute Gasteiger partial charge is 0.0700 e. The Morgan fingerprint density at radius 2 is 2.06 bits per heavy atom. The molecule has 0 aliphatic carbocycles. The van der Waals surface area contributed by atoms with E-state index in [1.165, 1.54) is 25.8 Å². The summed E-state index contributed by atoms with van der Waals surface area (Å²) < 4.78 is 10.9. The van der Waals surface area contributed by atoms with Gasteiger partial charge < -0.3 is 14.8 Å². The van der Waals surface area contributed by atoms with Crippen molar-refractivity contribution in [2.45, 2.75) is 25.4 Å². The van der Waals surface area contributed by atoms with Gasteiger partial charge >= 0.3 is 0 Å². The summed E-state index contributed by atoms with van der Waals surface area (Å²) in [5.74, 6) is 0. The van der Waals surface area contributed by atoms with Gasteiger partial charge in [0.25, 0.3) is 0 Å². The molecule has 16 heavy (non-hydrogen) atoms. The zero-order valence-corrected chi connectivity index (χ0v) is 10.1. The summed E-state index contributed by atoms with van der Waals surface area (Å²) in [6.45, 7) is 8.31. The Morgan fingerprint density at radius 3 is 2.81 bits per heavy atom. The third-order valence-corrected chi connectivity index (χ3v) is 3.33. The molecule has 0 spiro atoms. The van der Waals surface area contributed by atoms with Crippen LogP contribution in [0.25, 0.3) is 0 Å². The predicted octanol–water partition coefficient (Wildman–Crippen LogP) is 0.477. The number of hydrogen-bond acceptors (Lipinski definition) is 4. The fraction of sp³-hybridized carbons (Fsp3) is 1.00. The van der Waals surface area contributed by atoms with E-state index in [0.717, 1.165) is 46.0 Å². The lowest BCUT2D eigenvalue weighted by molar-refractivity contribution is 0.0373. The lowest BCUT2D eigenvalue weighted by Crippen LogP contribution is -2.38. The molecule has 4 nitrogen and oxygen atoms in total. The highest BCUT2D eigenvalue weighted by atomic mass is 16.5. The lowest BCUT2D eigenvalue weighted by Gasteiger charge is -2.26. The number of nitrogens with zero attached hydrogens (tertiary/aromatic N) is 1. The van der Waals surface area contributed by atoms with E-state index in [1.54, 1.807) is 0 Å². The normalized spacial score (nSPS) is 27.4. The van der Waals surface area contributed by atoms with E-state index in [4.69, 9.17) is 9.47 Å². The summed E-state index contributed by atoms with van der Waals surface area (Å²) >= 11 is 0. The Morgan fingerprint density at radius 1 is 1.19 bits per heavy atom. The van der Waals surface area contributed by atoms with E-state index in [1.807, 2.05) is 0 Å². The molecule has 0 aromatic carbocycles. The fourth-order valence-electron chi connectivity index (χ4n) is 2.32. The molecule has 0 radical (unpaired) electrons. The van der Waals surface area contributed by atoms with Gasteiger partial charge in [-0.1, -0.05) is 0 Å². The molecule has 2 saturated heterocycles. The molecule has 2 aliphatic heterocycles. The van der Waals surface area contributed by atoms with Crippen molar-refractivity contribution < 1.29 is 9.47 Å². The maximum atomic E-state index is 5.56. The molecule has 1 unspecified atom stereocenters. The molecule has 0 aromatic rings. The quantitative estimate of drug-likeness (QED) is 0.670. The van der Waals surface area contributed by atoms with Crippen molar-refractivity contribution in [1.29, 1.82) is 0 Å². The van der Waals surface area contributed by atoms with Crippen LogP contribution >= 0.6 is 0 Å². The zero-order valence-electron chi connectivity index (χ0n) is 10.1. The van der Waals surface area contributed by atoms with Crippen LogP contribution in [-0.4, -0.2) is 63.5 Å². The van der Waals surface area contributed by atoms with Crippen LogP contribution < -0.4 is 5.32 Å². The third kappa shape index (κ3) is 4.37. The molecule has 0 aromatic heterocycles. The summed E-state index contributed by atoms with van der Waals surface area (Å²) in [7, 11) is 0. The Balaban J connectivity index is 1.42. The van der Waals surface area contributed by atoms with Crippen molar-refractivity contribution in [2.24, 2.45) is 0 Å². The standard InChI is InChI=1S/C12H24N2O2/c1-3-12(16-8-1)11-13-4-2-5-14-6-9-15-10-7-14/h12-13H,1-11H2. The maximum absolute atomic E-state index is 5.56. The highest BCUT2D eigenvalue weighted by Gasteiger charge is 2.14. The first-order chi connectivity index (χ1) is 7.95. The second-order valence-corrected chi connectivity index (χ2v) is 4.65. The van der Waals surface area contributed by atoms with Gasteiger partial charge in [-0.2, -0.15) is 0 Å². The van der Waals surface area contributed by atoms with Crippen molar-refractivity contribution in [2.75, 3.05) is 52.5 Å². The number of nitrogens with one attached hydrogen (secondary N) is 1. The van der Waals surface area contributed by atoms with Gasteiger partial charge in [-0.3, -0.25) is 4.90 Å². The molecule has 0 amide bonds. The van der Waals surface area contributed by atoms with Crippen LogP contribution in [0.5, 0.6) is 0 Å². The summed E-state index contributed by atoms with van der Waals surface area (Å²) in [6.07, 6.45) is 4.17. The minimum Gasteiger partial charge on any atom is -0.379 e. The van der Waals surface area contributed by atoms with Crippen molar-refractivity contribution in [3.8, 4) is 0 Å². The van der Waals surface area contributed by atoms with E-state index in [2.05, 4.69) is 10.2 Å². The Kier molecular flexibility index (Phi) is 5.55. The topological polar surface area (TPSA) is 33.7 Å². The number of rotatable bonds is 6. The molecule has 4 heteroatoms. The van der Waals surface area contributed by atoms with Crippen molar-refractivity contribution >= 4 is 0 Å². The summed E-state index contributed by atoms with van der Waals surface area (Å²) in [6, 6.07) is 0. The van der Waals surface area contributed by atoms with Gasteiger partial charge in [0.05, 0.1) is 19.3 Å². The van der Waals surface area contributed by atoms with Crippen LogP contribution in [0.1, 0.15) is 19.3 Å². The van der Waals surface area contributed by atoms with Crippen LogP contribution in [0, 0.1) is 0 Å². The summed E-state index contributed by atoms with van der Waals surface area (Å²) in [5.41, 5.74) is 0. The molecular weight excluding hydrogens is 204 g/mol. The number of ether oxygens (including phenoxy) is 2.